The molecule has 1 unspecified atom stereocenters. The molecule has 0 spiro atoms. The van der Waals surface area contributed by atoms with Crippen molar-refractivity contribution in [2.24, 2.45) is 5.92 Å². The van der Waals surface area contributed by atoms with Crippen LogP contribution in [0.5, 0.6) is 5.75 Å². The van der Waals surface area contributed by atoms with E-state index >= 15 is 0 Å². The minimum absolute atomic E-state index is 0.0242. The van der Waals surface area contributed by atoms with Crippen molar-refractivity contribution in [1.29, 1.82) is 5.26 Å². The molecule has 1 saturated carbocycles. The zero-order valence-corrected chi connectivity index (χ0v) is 20.3. The van der Waals surface area contributed by atoms with Crippen LogP contribution in [0, 0.1) is 17.2 Å². The Morgan fingerprint density at radius 2 is 2.09 bits per heavy atom. The molecule has 0 bridgehead atoms. The van der Waals surface area contributed by atoms with Crippen LogP contribution in [0.2, 0.25) is 0 Å². The number of hydrogen-bond acceptors (Lipinski definition) is 7. The van der Waals surface area contributed by atoms with E-state index in [1.165, 1.54) is 12.4 Å². The van der Waals surface area contributed by atoms with Gasteiger partial charge >= 0.3 is 0 Å². The third kappa shape index (κ3) is 7.65. The number of benzene rings is 1. The number of amides is 1. The van der Waals surface area contributed by atoms with E-state index in [0.29, 0.717) is 18.2 Å². The van der Waals surface area contributed by atoms with Crippen molar-refractivity contribution in [2.45, 2.75) is 25.3 Å². The summed E-state index contributed by atoms with van der Waals surface area (Å²) >= 11 is 0. The summed E-state index contributed by atoms with van der Waals surface area (Å²) in [4.78, 5) is 25.3. The van der Waals surface area contributed by atoms with Gasteiger partial charge in [0.25, 0.3) is 5.91 Å². The van der Waals surface area contributed by atoms with Gasteiger partial charge in [-0.3, -0.25) is 4.79 Å². The zero-order chi connectivity index (χ0) is 24.3. The molecule has 1 atom stereocenters. The third-order valence-electron chi connectivity index (χ3n) is 6.06. The van der Waals surface area contributed by atoms with Gasteiger partial charge in [-0.25, -0.2) is 9.97 Å². The SMILES string of the molecule is CN(C)CCN(C)CCOc1cccc(C(NC(=O)/C(C#N)=C/c2ccncn2)C2CCC2)c1. The highest BCUT2D eigenvalue weighted by molar-refractivity contribution is 6.01. The predicted octanol–water partition coefficient (Wildman–Crippen LogP) is 2.91. The largest absolute Gasteiger partial charge is 0.492 e. The number of carbonyl (C=O) groups excluding carboxylic acids is 1. The molecular formula is C26H34N6O2. The average Bonchev–Trinajstić information content (AvgIpc) is 2.80. The van der Waals surface area contributed by atoms with Crippen LogP contribution in [0.25, 0.3) is 6.08 Å². The summed E-state index contributed by atoms with van der Waals surface area (Å²) in [6.07, 6.45) is 7.69. The van der Waals surface area contributed by atoms with Crippen molar-refractivity contribution in [1.82, 2.24) is 25.1 Å². The fourth-order valence-corrected chi connectivity index (χ4v) is 3.75. The Kier molecular flexibility index (Phi) is 9.56. The molecule has 1 aromatic heterocycles. The van der Waals surface area contributed by atoms with Crippen molar-refractivity contribution in [3.63, 3.8) is 0 Å². The quantitative estimate of drug-likeness (QED) is 0.383. The maximum Gasteiger partial charge on any atom is 0.262 e. The Balaban J connectivity index is 1.65. The molecule has 8 nitrogen and oxygen atoms in total. The monoisotopic (exact) mass is 462 g/mol. The molecule has 1 aliphatic rings. The van der Waals surface area contributed by atoms with Gasteiger partial charge in [0, 0.05) is 25.8 Å². The lowest BCUT2D eigenvalue weighted by atomic mass is 9.77. The topological polar surface area (TPSA) is 94.4 Å². The van der Waals surface area contributed by atoms with E-state index in [9.17, 15) is 10.1 Å². The van der Waals surface area contributed by atoms with E-state index in [0.717, 1.165) is 50.2 Å². The van der Waals surface area contributed by atoms with E-state index in [4.69, 9.17) is 4.74 Å². The summed E-state index contributed by atoms with van der Waals surface area (Å²) in [5, 5.41) is 12.7. The first-order valence-corrected chi connectivity index (χ1v) is 11.7. The fraction of sp³-hybridized carbons (Fsp3) is 0.462. The fourth-order valence-electron chi connectivity index (χ4n) is 3.75. The summed E-state index contributed by atoms with van der Waals surface area (Å²) < 4.78 is 6.01. The van der Waals surface area contributed by atoms with Crippen LogP contribution in [0.15, 0.2) is 48.4 Å². The average molecular weight is 463 g/mol. The Bertz CT molecular complexity index is 998. The first kappa shape index (κ1) is 25.3. The standard InChI is InChI=1S/C26H34N6O2/c1-31(2)12-13-32(3)14-15-34-24-9-5-8-21(17-24)25(20-6-4-7-20)30-26(33)22(18-27)16-23-10-11-28-19-29-23/h5,8-11,16-17,19-20,25H,4,6-7,12-15H2,1-3H3,(H,30,33)/b22-16+. The summed E-state index contributed by atoms with van der Waals surface area (Å²) in [5.74, 6) is 0.733. The summed E-state index contributed by atoms with van der Waals surface area (Å²) in [6, 6.07) is 11.4. The van der Waals surface area contributed by atoms with Crippen molar-refractivity contribution < 1.29 is 9.53 Å². The van der Waals surface area contributed by atoms with Crippen LogP contribution in [-0.4, -0.2) is 73.1 Å². The van der Waals surface area contributed by atoms with E-state index in [1.54, 1.807) is 12.3 Å². The zero-order valence-electron chi connectivity index (χ0n) is 20.3. The normalized spacial score (nSPS) is 15.0. The lowest BCUT2D eigenvalue weighted by Crippen LogP contribution is -2.36. The van der Waals surface area contributed by atoms with Gasteiger partial charge in [0.15, 0.2) is 0 Å². The molecule has 180 valence electrons. The molecule has 1 heterocycles. The van der Waals surface area contributed by atoms with Gasteiger partial charge in [0.2, 0.25) is 0 Å². The molecule has 1 amide bonds. The van der Waals surface area contributed by atoms with E-state index in [-0.39, 0.29) is 11.6 Å². The van der Waals surface area contributed by atoms with Crippen molar-refractivity contribution in [3.8, 4) is 11.8 Å². The maximum atomic E-state index is 13.0. The summed E-state index contributed by atoms with van der Waals surface area (Å²) in [6.45, 7) is 3.41. The molecule has 2 aromatic rings. The molecule has 0 aliphatic heterocycles. The van der Waals surface area contributed by atoms with Crippen molar-refractivity contribution >= 4 is 12.0 Å². The molecule has 1 aliphatic carbocycles. The van der Waals surface area contributed by atoms with Crippen LogP contribution >= 0.6 is 0 Å². The van der Waals surface area contributed by atoms with E-state index < -0.39 is 5.91 Å². The number of nitrogens with one attached hydrogen (secondary N) is 1. The van der Waals surface area contributed by atoms with Crippen molar-refractivity contribution in [2.75, 3.05) is 47.4 Å². The maximum absolute atomic E-state index is 13.0. The first-order chi connectivity index (χ1) is 16.5. The lowest BCUT2D eigenvalue weighted by molar-refractivity contribution is -0.118. The van der Waals surface area contributed by atoms with Crippen LogP contribution in [0.3, 0.4) is 0 Å². The van der Waals surface area contributed by atoms with Crippen molar-refractivity contribution in [3.05, 3.63) is 59.7 Å². The molecule has 0 radical (unpaired) electrons. The van der Waals surface area contributed by atoms with Crippen LogP contribution < -0.4 is 10.1 Å². The second-order valence-corrected chi connectivity index (χ2v) is 8.97. The first-order valence-electron chi connectivity index (χ1n) is 11.7. The number of nitriles is 1. The lowest BCUT2D eigenvalue weighted by Gasteiger charge is -2.34. The Morgan fingerprint density at radius 1 is 1.26 bits per heavy atom. The highest BCUT2D eigenvalue weighted by Gasteiger charge is 2.30. The third-order valence-corrected chi connectivity index (χ3v) is 6.06. The number of carbonyl (C=O) groups is 1. The van der Waals surface area contributed by atoms with Crippen LogP contribution in [-0.2, 0) is 4.79 Å². The molecule has 8 heteroatoms. The van der Waals surface area contributed by atoms with Gasteiger partial charge in [-0.05, 0) is 69.7 Å². The number of nitrogens with zero attached hydrogens (tertiary/aromatic N) is 5. The second-order valence-electron chi connectivity index (χ2n) is 8.97. The molecule has 3 rings (SSSR count). The Labute approximate surface area is 202 Å². The minimum atomic E-state index is -0.396. The van der Waals surface area contributed by atoms with Gasteiger partial charge in [-0.15, -0.1) is 0 Å². The van der Waals surface area contributed by atoms with E-state index in [2.05, 4.69) is 46.2 Å². The highest BCUT2D eigenvalue weighted by atomic mass is 16.5. The molecule has 1 fully saturated rings. The Hall–Kier alpha value is -3.28. The van der Waals surface area contributed by atoms with Gasteiger partial charge in [-0.2, -0.15) is 5.26 Å². The smallest absolute Gasteiger partial charge is 0.262 e. The van der Waals surface area contributed by atoms with Gasteiger partial charge < -0.3 is 19.9 Å². The Morgan fingerprint density at radius 3 is 2.74 bits per heavy atom. The second kappa shape index (κ2) is 12.8. The van der Waals surface area contributed by atoms with Gasteiger partial charge in [0.1, 0.15) is 30.3 Å². The van der Waals surface area contributed by atoms with Crippen LogP contribution in [0.1, 0.15) is 36.6 Å². The molecule has 1 aromatic carbocycles. The van der Waals surface area contributed by atoms with Crippen LogP contribution in [0.4, 0.5) is 0 Å². The van der Waals surface area contributed by atoms with Gasteiger partial charge in [0.05, 0.1) is 11.7 Å². The number of hydrogen-bond donors (Lipinski definition) is 1. The number of aromatic nitrogens is 2. The number of ether oxygens (including phenoxy) is 1. The number of likely N-dealkylation sites (N-methyl/N-ethyl adjacent to an activating group) is 2. The number of rotatable bonds is 12. The molecular weight excluding hydrogens is 428 g/mol. The minimum Gasteiger partial charge on any atom is -0.492 e. The molecule has 1 N–H and O–H groups in total. The summed E-state index contributed by atoms with van der Waals surface area (Å²) in [5.41, 5.74) is 1.54. The van der Waals surface area contributed by atoms with Gasteiger partial charge in [-0.1, -0.05) is 18.6 Å². The molecule has 0 saturated heterocycles. The van der Waals surface area contributed by atoms with E-state index in [1.807, 2.05) is 30.3 Å². The summed E-state index contributed by atoms with van der Waals surface area (Å²) in [7, 11) is 6.23. The molecule has 34 heavy (non-hydrogen) atoms. The highest BCUT2D eigenvalue weighted by Crippen LogP contribution is 2.38. The predicted molar refractivity (Wildman–Crippen MR) is 132 cm³/mol.